The van der Waals surface area contributed by atoms with Crippen molar-refractivity contribution >= 4 is 17.4 Å². The van der Waals surface area contributed by atoms with E-state index in [2.05, 4.69) is 15.7 Å². The predicted octanol–water partition coefficient (Wildman–Crippen LogP) is 5.43. The fourth-order valence-corrected chi connectivity index (χ4v) is 4.09. The van der Waals surface area contributed by atoms with Crippen molar-refractivity contribution in [3.63, 3.8) is 0 Å². The first-order valence-electron chi connectivity index (χ1n) is 10.6. The van der Waals surface area contributed by atoms with Crippen LogP contribution in [0.3, 0.4) is 0 Å². The van der Waals surface area contributed by atoms with Gasteiger partial charge in [-0.1, -0.05) is 18.2 Å². The molecule has 0 saturated heterocycles. The summed E-state index contributed by atoms with van der Waals surface area (Å²) in [6.07, 6.45) is -3.69. The van der Waals surface area contributed by atoms with Crippen LogP contribution in [-0.4, -0.2) is 36.1 Å². The predicted molar refractivity (Wildman–Crippen MR) is 122 cm³/mol. The van der Waals surface area contributed by atoms with Gasteiger partial charge in [0.15, 0.2) is 17.5 Å². The number of anilines is 2. The molecule has 2 N–H and O–H groups in total. The van der Waals surface area contributed by atoms with Crippen LogP contribution in [0.15, 0.2) is 42.6 Å². The molecule has 2 atom stereocenters. The van der Waals surface area contributed by atoms with Gasteiger partial charge in [0, 0.05) is 12.1 Å². The highest BCUT2D eigenvalue weighted by Crippen LogP contribution is 2.45. The highest BCUT2D eigenvalue weighted by Gasteiger charge is 2.47. The van der Waals surface area contributed by atoms with E-state index >= 15 is 0 Å². The minimum absolute atomic E-state index is 0.0103. The standard InChI is InChI=1S/C24H25F3N4O3/c1-13-6-5-7-17(14(13)2)30-23(32)16-12-28-31-21(24(25,26)27)11-18(29-22(16)31)15-8-9-19(33-3)20(10-15)34-4/h5-10,12,18,21,29H,11H2,1-4H3,(H,30,32)/t18-,21-/m1/s1. The van der Waals surface area contributed by atoms with E-state index in [4.69, 9.17) is 9.47 Å². The number of nitrogens with zero attached hydrogens (tertiary/aromatic N) is 2. The molecule has 0 fully saturated rings. The molecule has 2 aromatic carbocycles. The molecule has 0 spiro atoms. The van der Waals surface area contributed by atoms with Crippen molar-refractivity contribution in [2.75, 3.05) is 24.9 Å². The number of carbonyl (C=O) groups excluding carboxylic acids is 1. The summed E-state index contributed by atoms with van der Waals surface area (Å²) >= 11 is 0. The van der Waals surface area contributed by atoms with E-state index in [9.17, 15) is 18.0 Å². The van der Waals surface area contributed by atoms with E-state index in [1.807, 2.05) is 19.9 Å². The van der Waals surface area contributed by atoms with Gasteiger partial charge in [-0.15, -0.1) is 0 Å². The number of hydrogen-bond donors (Lipinski definition) is 2. The second-order valence-electron chi connectivity index (χ2n) is 8.16. The number of ether oxygens (including phenoxy) is 2. The topological polar surface area (TPSA) is 77.4 Å². The number of amides is 1. The first-order chi connectivity index (χ1) is 16.1. The highest BCUT2D eigenvalue weighted by atomic mass is 19.4. The minimum atomic E-state index is -4.56. The summed E-state index contributed by atoms with van der Waals surface area (Å²) in [5, 5.41) is 9.81. The number of hydrogen-bond acceptors (Lipinski definition) is 5. The number of benzene rings is 2. The second-order valence-corrected chi connectivity index (χ2v) is 8.16. The summed E-state index contributed by atoms with van der Waals surface area (Å²) in [5.41, 5.74) is 3.05. The zero-order chi connectivity index (χ0) is 24.6. The van der Waals surface area contributed by atoms with Crippen molar-refractivity contribution in [2.24, 2.45) is 0 Å². The third-order valence-electron chi connectivity index (χ3n) is 6.15. The highest BCUT2D eigenvalue weighted by molar-refractivity contribution is 6.08. The molecule has 0 radical (unpaired) electrons. The molecule has 1 aromatic heterocycles. The molecule has 2 heterocycles. The van der Waals surface area contributed by atoms with E-state index in [0.29, 0.717) is 22.7 Å². The van der Waals surface area contributed by atoms with Gasteiger partial charge in [-0.05, 0) is 48.7 Å². The molecule has 0 saturated carbocycles. The number of rotatable bonds is 5. The van der Waals surface area contributed by atoms with E-state index in [0.717, 1.165) is 15.8 Å². The lowest BCUT2D eigenvalue weighted by atomic mass is 9.96. The van der Waals surface area contributed by atoms with Crippen molar-refractivity contribution in [1.29, 1.82) is 0 Å². The Bertz CT molecular complexity index is 1220. The van der Waals surface area contributed by atoms with Crippen molar-refractivity contribution in [1.82, 2.24) is 9.78 Å². The summed E-state index contributed by atoms with van der Waals surface area (Å²) in [4.78, 5) is 13.1. The van der Waals surface area contributed by atoms with Gasteiger partial charge in [0.1, 0.15) is 11.4 Å². The van der Waals surface area contributed by atoms with Crippen molar-refractivity contribution < 1.29 is 27.4 Å². The maximum absolute atomic E-state index is 14.0. The van der Waals surface area contributed by atoms with Crippen molar-refractivity contribution in [2.45, 2.75) is 38.5 Å². The molecule has 3 aromatic rings. The SMILES string of the molecule is COc1ccc([C@H]2C[C@H](C(F)(F)F)n3ncc(C(=O)Nc4cccc(C)c4C)c3N2)cc1OC. The first-order valence-corrected chi connectivity index (χ1v) is 10.6. The molecule has 180 valence electrons. The zero-order valence-electron chi connectivity index (χ0n) is 19.2. The van der Waals surface area contributed by atoms with E-state index in [-0.39, 0.29) is 17.8 Å². The molecular weight excluding hydrogens is 449 g/mol. The largest absolute Gasteiger partial charge is 0.493 e. The van der Waals surface area contributed by atoms with Gasteiger partial charge in [0.25, 0.3) is 5.91 Å². The molecular formula is C24H25F3N4O3. The normalized spacial score (nSPS) is 17.5. The number of nitrogens with one attached hydrogen (secondary N) is 2. The van der Waals surface area contributed by atoms with Crippen molar-refractivity contribution in [3.05, 3.63) is 64.8 Å². The Hall–Kier alpha value is -3.69. The monoisotopic (exact) mass is 474 g/mol. The van der Waals surface area contributed by atoms with Crippen LogP contribution in [0.5, 0.6) is 11.5 Å². The van der Waals surface area contributed by atoms with Crippen LogP contribution in [0.25, 0.3) is 0 Å². The molecule has 0 bridgehead atoms. The lowest BCUT2D eigenvalue weighted by Crippen LogP contribution is -2.36. The molecule has 1 aliphatic rings. The molecule has 34 heavy (non-hydrogen) atoms. The van der Waals surface area contributed by atoms with Gasteiger partial charge in [0.2, 0.25) is 0 Å². The zero-order valence-corrected chi connectivity index (χ0v) is 19.2. The van der Waals surface area contributed by atoms with Crippen LogP contribution < -0.4 is 20.1 Å². The Labute approximate surface area is 194 Å². The number of halogens is 3. The summed E-state index contributed by atoms with van der Waals surface area (Å²) in [5.74, 6) is 0.331. The van der Waals surface area contributed by atoms with E-state index in [1.165, 1.54) is 20.4 Å². The summed E-state index contributed by atoms with van der Waals surface area (Å²) in [6.45, 7) is 3.78. The Balaban J connectivity index is 1.71. The Morgan fingerprint density at radius 3 is 2.56 bits per heavy atom. The number of aromatic nitrogens is 2. The van der Waals surface area contributed by atoms with Crippen LogP contribution in [0.2, 0.25) is 0 Å². The van der Waals surface area contributed by atoms with Crippen LogP contribution >= 0.6 is 0 Å². The maximum atomic E-state index is 14.0. The summed E-state index contributed by atoms with van der Waals surface area (Å²) < 4.78 is 53.4. The summed E-state index contributed by atoms with van der Waals surface area (Å²) in [7, 11) is 2.94. The van der Waals surface area contributed by atoms with Gasteiger partial charge in [-0.25, -0.2) is 4.68 Å². The first kappa shape index (κ1) is 23.5. The van der Waals surface area contributed by atoms with E-state index in [1.54, 1.807) is 30.3 Å². The fourth-order valence-electron chi connectivity index (χ4n) is 4.09. The number of methoxy groups -OCH3 is 2. The lowest BCUT2D eigenvalue weighted by molar-refractivity contribution is -0.173. The summed E-state index contributed by atoms with van der Waals surface area (Å²) in [6, 6.07) is 7.77. The van der Waals surface area contributed by atoms with Gasteiger partial charge in [-0.2, -0.15) is 18.3 Å². The number of alkyl halides is 3. The van der Waals surface area contributed by atoms with E-state index < -0.39 is 24.2 Å². The van der Waals surface area contributed by atoms with Crippen LogP contribution in [0.4, 0.5) is 24.7 Å². The second kappa shape index (κ2) is 8.92. The number of fused-ring (bicyclic) bond motifs is 1. The molecule has 1 amide bonds. The molecule has 7 nitrogen and oxygen atoms in total. The lowest BCUT2D eigenvalue weighted by Gasteiger charge is -2.34. The fraction of sp³-hybridized carbons (Fsp3) is 0.333. The smallest absolute Gasteiger partial charge is 0.410 e. The number of carbonyl (C=O) groups is 1. The Morgan fingerprint density at radius 2 is 1.88 bits per heavy atom. The Kier molecular flexibility index (Phi) is 6.16. The van der Waals surface area contributed by atoms with Gasteiger partial charge >= 0.3 is 6.18 Å². The number of aryl methyl sites for hydroxylation is 1. The molecule has 0 unspecified atom stereocenters. The molecule has 10 heteroatoms. The van der Waals surface area contributed by atoms with Crippen LogP contribution in [0.1, 0.15) is 45.6 Å². The van der Waals surface area contributed by atoms with Gasteiger partial charge in [-0.3, -0.25) is 4.79 Å². The van der Waals surface area contributed by atoms with Crippen molar-refractivity contribution in [3.8, 4) is 11.5 Å². The Morgan fingerprint density at radius 1 is 1.15 bits per heavy atom. The van der Waals surface area contributed by atoms with Gasteiger partial charge < -0.3 is 20.1 Å². The molecule has 0 aliphatic carbocycles. The average Bonchev–Trinajstić information content (AvgIpc) is 3.24. The van der Waals surface area contributed by atoms with Gasteiger partial charge in [0.05, 0.1) is 26.5 Å². The van der Waals surface area contributed by atoms with Crippen LogP contribution in [-0.2, 0) is 0 Å². The third kappa shape index (κ3) is 4.27. The third-order valence-corrected chi connectivity index (χ3v) is 6.15. The quantitative estimate of drug-likeness (QED) is 0.516. The molecule has 1 aliphatic heterocycles. The molecule has 4 rings (SSSR count). The minimum Gasteiger partial charge on any atom is -0.493 e. The maximum Gasteiger partial charge on any atom is 0.410 e. The average molecular weight is 474 g/mol. The van der Waals surface area contributed by atoms with Crippen LogP contribution in [0, 0.1) is 13.8 Å².